The molecule has 5 nitrogen and oxygen atoms in total. The molecule has 1 atom stereocenters. The fraction of sp³-hybridized carbons (Fsp3) is 0.417. The summed E-state index contributed by atoms with van der Waals surface area (Å²) < 4.78 is 4.95. The molecule has 98 valence electrons. The van der Waals surface area contributed by atoms with Crippen LogP contribution >= 0.6 is 11.8 Å². The van der Waals surface area contributed by atoms with Crippen molar-refractivity contribution in [1.82, 2.24) is 4.98 Å². The van der Waals surface area contributed by atoms with Crippen molar-refractivity contribution in [2.45, 2.75) is 19.9 Å². The Morgan fingerprint density at radius 2 is 2.33 bits per heavy atom. The number of oxazole rings is 1. The first-order chi connectivity index (χ1) is 8.60. The Bertz CT molecular complexity index is 591. The van der Waals surface area contributed by atoms with Gasteiger partial charge in [0.2, 0.25) is 0 Å². The van der Waals surface area contributed by atoms with E-state index in [0.29, 0.717) is 22.8 Å². The Hall–Kier alpha value is -1.56. The first-order valence-corrected chi connectivity index (χ1v) is 7.02. The van der Waals surface area contributed by atoms with Gasteiger partial charge in [-0.1, -0.05) is 6.92 Å². The SMILES string of the molecule is CCSCC(C)Nc1cc2[nH]c(=O)oc2cc1N. The minimum atomic E-state index is -0.462. The van der Waals surface area contributed by atoms with Crippen LogP contribution in [0, 0.1) is 0 Å². The van der Waals surface area contributed by atoms with Crippen LogP contribution in [0.25, 0.3) is 11.1 Å². The summed E-state index contributed by atoms with van der Waals surface area (Å²) >= 11 is 1.87. The molecule has 0 bridgehead atoms. The third-order valence-electron chi connectivity index (χ3n) is 2.56. The maximum atomic E-state index is 11.1. The molecule has 0 aliphatic carbocycles. The van der Waals surface area contributed by atoms with E-state index in [-0.39, 0.29) is 0 Å². The highest BCUT2D eigenvalue weighted by molar-refractivity contribution is 7.99. The fourth-order valence-corrected chi connectivity index (χ4v) is 2.41. The average Bonchev–Trinajstić information content (AvgIpc) is 2.66. The summed E-state index contributed by atoms with van der Waals surface area (Å²) in [7, 11) is 0. The number of nitrogens with two attached hydrogens (primary N) is 1. The molecule has 18 heavy (non-hydrogen) atoms. The third kappa shape index (κ3) is 2.81. The van der Waals surface area contributed by atoms with E-state index in [4.69, 9.17) is 10.2 Å². The van der Waals surface area contributed by atoms with Gasteiger partial charge in [-0.25, -0.2) is 4.79 Å². The second-order valence-electron chi connectivity index (χ2n) is 4.15. The van der Waals surface area contributed by atoms with Gasteiger partial charge in [0.05, 0.1) is 16.9 Å². The summed E-state index contributed by atoms with van der Waals surface area (Å²) in [6.07, 6.45) is 0. The zero-order valence-corrected chi connectivity index (χ0v) is 11.3. The minimum Gasteiger partial charge on any atom is -0.408 e. The van der Waals surface area contributed by atoms with E-state index in [1.54, 1.807) is 6.07 Å². The highest BCUT2D eigenvalue weighted by Crippen LogP contribution is 2.25. The van der Waals surface area contributed by atoms with Gasteiger partial charge < -0.3 is 15.5 Å². The quantitative estimate of drug-likeness (QED) is 0.724. The number of thioether (sulfide) groups is 1. The highest BCUT2D eigenvalue weighted by Gasteiger charge is 2.09. The van der Waals surface area contributed by atoms with Gasteiger partial charge in [-0.05, 0) is 18.7 Å². The molecule has 4 N–H and O–H groups in total. The predicted octanol–water partition coefficient (Wildman–Crippen LogP) is 2.26. The number of benzene rings is 1. The smallest absolute Gasteiger partial charge is 0.408 e. The highest BCUT2D eigenvalue weighted by atomic mass is 32.2. The molecule has 0 aliphatic heterocycles. The van der Waals surface area contributed by atoms with Crippen molar-refractivity contribution in [2.75, 3.05) is 22.6 Å². The Kier molecular flexibility index (Phi) is 3.86. The summed E-state index contributed by atoms with van der Waals surface area (Å²) in [6.45, 7) is 4.23. The van der Waals surface area contributed by atoms with Crippen LogP contribution in [-0.4, -0.2) is 22.5 Å². The second-order valence-corrected chi connectivity index (χ2v) is 5.47. The van der Waals surface area contributed by atoms with Gasteiger partial charge in [0.15, 0.2) is 5.58 Å². The van der Waals surface area contributed by atoms with E-state index in [9.17, 15) is 4.79 Å². The van der Waals surface area contributed by atoms with Gasteiger partial charge in [-0.2, -0.15) is 11.8 Å². The van der Waals surface area contributed by atoms with Gasteiger partial charge >= 0.3 is 5.76 Å². The molecule has 0 fully saturated rings. The molecular formula is C12H17N3O2S. The summed E-state index contributed by atoms with van der Waals surface area (Å²) in [6, 6.07) is 3.78. The van der Waals surface area contributed by atoms with E-state index in [1.165, 1.54) is 0 Å². The molecule has 1 aromatic heterocycles. The van der Waals surface area contributed by atoms with Crippen LogP contribution in [0.1, 0.15) is 13.8 Å². The van der Waals surface area contributed by atoms with Crippen molar-refractivity contribution in [1.29, 1.82) is 0 Å². The molecule has 0 aliphatic rings. The van der Waals surface area contributed by atoms with Crippen LogP contribution in [0.15, 0.2) is 21.3 Å². The van der Waals surface area contributed by atoms with E-state index in [2.05, 4.69) is 24.1 Å². The van der Waals surface area contributed by atoms with Crippen LogP contribution in [0.5, 0.6) is 0 Å². The summed E-state index contributed by atoms with van der Waals surface area (Å²) in [5.74, 6) is 1.64. The minimum absolute atomic E-state index is 0.313. The van der Waals surface area contributed by atoms with Crippen molar-refractivity contribution in [2.24, 2.45) is 0 Å². The Morgan fingerprint density at radius 3 is 3.06 bits per heavy atom. The van der Waals surface area contributed by atoms with Crippen molar-refractivity contribution < 1.29 is 4.42 Å². The van der Waals surface area contributed by atoms with Crippen molar-refractivity contribution in [3.63, 3.8) is 0 Å². The lowest BCUT2D eigenvalue weighted by Gasteiger charge is -2.16. The maximum Gasteiger partial charge on any atom is 0.417 e. The molecule has 2 aromatic rings. The standard InChI is InChI=1S/C12H17N3O2S/c1-3-18-6-7(2)14-9-5-10-11(4-8(9)13)17-12(16)15-10/h4-5,7,14H,3,6,13H2,1-2H3,(H,15,16). The lowest BCUT2D eigenvalue weighted by molar-refractivity contribution is 0.555. The average molecular weight is 267 g/mol. The molecule has 0 radical (unpaired) electrons. The molecule has 1 unspecified atom stereocenters. The van der Waals surface area contributed by atoms with Gasteiger partial charge in [0, 0.05) is 17.9 Å². The van der Waals surface area contributed by atoms with Crippen LogP contribution in [0.3, 0.4) is 0 Å². The molecule has 2 rings (SSSR count). The van der Waals surface area contributed by atoms with E-state index < -0.39 is 5.76 Å². The molecule has 1 heterocycles. The van der Waals surface area contributed by atoms with Crippen LogP contribution in [-0.2, 0) is 0 Å². The van der Waals surface area contributed by atoms with E-state index >= 15 is 0 Å². The first kappa shape index (κ1) is 12.9. The molecule has 6 heteroatoms. The number of aromatic nitrogens is 1. The second kappa shape index (κ2) is 5.39. The lowest BCUT2D eigenvalue weighted by Crippen LogP contribution is -2.18. The number of nitrogen functional groups attached to an aromatic ring is 1. The number of anilines is 2. The van der Waals surface area contributed by atoms with Gasteiger partial charge in [-0.15, -0.1) is 0 Å². The maximum absolute atomic E-state index is 11.1. The van der Waals surface area contributed by atoms with Crippen molar-refractivity contribution >= 4 is 34.2 Å². The molecule has 0 saturated heterocycles. The van der Waals surface area contributed by atoms with Gasteiger partial charge in [0.1, 0.15) is 0 Å². The number of fused-ring (bicyclic) bond motifs is 1. The topological polar surface area (TPSA) is 84.0 Å². The molecule has 0 saturated carbocycles. The Labute approximate surface area is 109 Å². The Morgan fingerprint density at radius 1 is 1.56 bits per heavy atom. The fourth-order valence-electron chi connectivity index (χ4n) is 1.74. The molecule has 1 aromatic carbocycles. The zero-order chi connectivity index (χ0) is 13.1. The largest absolute Gasteiger partial charge is 0.417 e. The lowest BCUT2D eigenvalue weighted by atomic mass is 10.2. The number of nitrogens with one attached hydrogen (secondary N) is 2. The molecule has 0 spiro atoms. The van der Waals surface area contributed by atoms with Crippen LogP contribution < -0.4 is 16.8 Å². The van der Waals surface area contributed by atoms with E-state index in [1.807, 2.05) is 17.8 Å². The van der Waals surface area contributed by atoms with E-state index in [0.717, 1.165) is 17.2 Å². The van der Waals surface area contributed by atoms with Crippen LogP contribution in [0.4, 0.5) is 11.4 Å². The number of aromatic amines is 1. The van der Waals surface area contributed by atoms with Gasteiger partial charge in [-0.3, -0.25) is 4.98 Å². The Balaban J connectivity index is 2.21. The van der Waals surface area contributed by atoms with Crippen molar-refractivity contribution in [3.8, 4) is 0 Å². The summed E-state index contributed by atoms with van der Waals surface area (Å²) in [5.41, 5.74) is 8.48. The van der Waals surface area contributed by atoms with Crippen LogP contribution in [0.2, 0.25) is 0 Å². The summed E-state index contributed by atoms with van der Waals surface area (Å²) in [5, 5.41) is 3.34. The predicted molar refractivity (Wildman–Crippen MR) is 77.3 cm³/mol. The first-order valence-electron chi connectivity index (χ1n) is 5.86. The zero-order valence-electron chi connectivity index (χ0n) is 10.4. The number of hydrogen-bond acceptors (Lipinski definition) is 5. The number of hydrogen-bond donors (Lipinski definition) is 3. The van der Waals surface area contributed by atoms with Gasteiger partial charge in [0.25, 0.3) is 0 Å². The number of rotatable bonds is 5. The third-order valence-corrected chi connectivity index (χ3v) is 3.71. The molecular weight excluding hydrogens is 250 g/mol. The normalized spacial score (nSPS) is 12.8. The number of H-pyrrole nitrogens is 1. The van der Waals surface area contributed by atoms with Crippen molar-refractivity contribution in [3.05, 3.63) is 22.7 Å². The monoisotopic (exact) mass is 267 g/mol. The molecule has 0 amide bonds. The summed E-state index contributed by atoms with van der Waals surface area (Å²) in [4.78, 5) is 13.7.